The molecular formula is C19H16ClN3O5. The number of hydrogen-bond donors (Lipinski definition) is 1. The molecule has 0 saturated heterocycles. The topological polar surface area (TPSA) is 103 Å². The fourth-order valence-corrected chi connectivity index (χ4v) is 2.51. The molecule has 2 aromatic carbocycles. The van der Waals surface area contributed by atoms with Crippen LogP contribution in [0, 0.1) is 0 Å². The summed E-state index contributed by atoms with van der Waals surface area (Å²) in [5, 5.41) is 7.07. The van der Waals surface area contributed by atoms with E-state index in [1.54, 1.807) is 48.5 Å². The van der Waals surface area contributed by atoms with Gasteiger partial charge in [-0.05, 0) is 23.8 Å². The fraction of sp³-hybridized carbons (Fsp3) is 0.158. The Morgan fingerprint density at radius 3 is 2.57 bits per heavy atom. The van der Waals surface area contributed by atoms with Gasteiger partial charge in [0.15, 0.2) is 6.61 Å². The van der Waals surface area contributed by atoms with Gasteiger partial charge in [0.25, 0.3) is 5.91 Å². The second-order valence-electron chi connectivity index (χ2n) is 5.73. The van der Waals surface area contributed by atoms with Gasteiger partial charge in [0.1, 0.15) is 6.54 Å². The first-order valence-corrected chi connectivity index (χ1v) is 8.70. The minimum Gasteiger partial charge on any atom is -0.454 e. The number of aromatic nitrogens is 2. The molecule has 8 nitrogen and oxygen atoms in total. The van der Waals surface area contributed by atoms with Gasteiger partial charge in [0.05, 0.1) is 0 Å². The van der Waals surface area contributed by atoms with E-state index in [1.165, 1.54) is 0 Å². The summed E-state index contributed by atoms with van der Waals surface area (Å²) < 4.78 is 10.7. The van der Waals surface area contributed by atoms with E-state index in [4.69, 9.17) is 20.8 Å². The Balaban J connectivity index is 1.49. The highest BCUT2D eigenvalue weighted by Crippen LogP contribution is 2.14. The van der Waals surface area contributed by atoms with Gasteiger partial charge >= 0.3 is 11.7 Å². The van der Waals surface area contributed by atoms with Gasteiger partial charge in [-0.15, -0.1) is 5.10 Å². The zero-order valence-electron chi connectivity index (χ0n) is 14.6. The number of nitrogens with zero attached hydrogens (tertiary/aromatic N) is 2. The lowest BCUT2D eigenvalue weighted by Gasteiger charge is -2.07. The van der Waals surface area contributed by atoms with E-state index in [0.29, 0.717) is 10.6 Å². The molecule has 0 spiro atoms. The largest absolute Gasteiger partial charge is 0.454 e. The normalized spacial score (nSPS) is 10.5. The average molecular weight is 402 g/mol. The molecule has 0 radical (unpaired) electrons. The minimum absolute atomic E-state index is 0.0934. The SMILES string of the molecule is O=C(COC(=O)Cn1nc(-c2ccccc2)oc1=O)NCc1ccccc1Cl. The van der Waals surface area contributed by atoms with Crippen molar-refractivity contribution < 1.29 is 18.7 Å². The average Bonchev–Trinajstić information content (AvgIpc) is 3.07. The molecule has 0 aliphatic carbocycles. The molecule has 144 valence electrons. The molecule has 0 saturated carbocycles. The Morgan fingerprint density at radius 1 is 1.11 bits per heavy atom. The first-order valence-electron chi connectivity index (χ1n) is 8.32. The van der Waals surface area contributed by atoms with Crippen molar-refractivity contribution in [2.75, 3.05) is 6.61 Å². The summed E-state index contributed by atoms with van der Waals surface area (Å²) in [6.45, 7) is -0.742. The smallest absolute Gasteiger partial charge is 0.437 e. The highest BCUT2D eigenvalue weighted by atomic mass is 35.5. The van der Waals surface area contributed by atoms with Crippen LogP contribution in [-0.4, -0.2) is 28.3 Å². The van der Waals surface area contributed by atoms with E-state index in [9.17, 15) is 14.4 Å². The summed E-state index contributed by atoms with van der Waals surface area (Å²) in [7, 11) is 0. The lowest BCUT2D eigenvalue weighted by Crippen LogP contribution is -2.30. The molecule has 0 unspecified atom stereocenters. The standard InChI is InChI=1S/C19H16ClN3O5/c20-15-9-5-4-8-14(15)10-21-16(24)12-27-17(25)11-23-19(26)28-18(22-23)13-6-2-1-3-7-13/h1-9H,10-12H2,(H,21,24). The van der Waals surface area contributed by atoms with Crippen molar-refractivity contribution in [1.82, 2.24) is 15.1 Å². The molecule has 1 aromatic heterocycles. The van der Waals surface area contributed by atoms with Crippen molar-refractivity contribution >= 4 is 23.5 Å². The molecule has 0 atom stereocenters. The van der Waals surface area contributed by atoms with E-state index in [0.717, 1.165) is 10.2 Å². The van der Waals surface area contributed by atoms with E-state index < -0.39 is 30.8 Å². The van der Waals surface area contributed by atoms with Gasteiger partial charge in [0.2, 0.25) is 5.89 Å². The summed E-state index contributed by atoms with van der Waals surface area (Å²) in [6, 6.07) is 15.9. The Morgan fingerprint density at radius 2 is 1.82 bits per heavy atom. The summed E-state index contributed by atoms with van der Waals surface area (Å²) in [5.41, 5.74) is 1.34. The molecule has 1 heterocycles. The molecule has 1 N–H and O–H groups in total. The van der Waals surface area contributed by atoms with Gasteiger partial charge in [-0.2, -0.15) is 4.68 Å². The number of halogens is 1. The highest BCUT2D eigenvalue weighted by molar-refractivity contribution is 6.31. The lowest BCUT2D eigenvalue weighted by atomic mass is 10.2. The van der Waals surface area contributed by atoms with Gasteiger partial charge in [-0.1, -0.05) is 48.0 Å². The van der Waals surface area contributed by atoms with Crippen LogP contribution in [-0.2, 0) is 27.4 Å². The molecule has 9 heteroatoms. The van der Waals surface area contributed by atoms with Crippen LogP contribution in [0.15, 0.2) is 63.8 Å². The van der Waals surface area contributed by atoms with Gasteiger partial charge < -0.3 is 14.5 Å². The molecule has 3 aromatic rings. The summed E-state index contributed by atoms with van der Waals surface area (Å²) >= 11 is 6.00. The van der Waals surface area contributed by atoms with Crippen molar-refractivity contribution in [2.45, 2.75) is 13.1 Å². The quantitative estimate of drug-likeness (QED) is 0.607. The molecule has 1 amide bonds. The van der Waals surface area contributed by atoms with Crippen molar-refractivity contribution in [3.05, 3.63) is 75.7 Å². The van der Waals surface area contributed by atoms with Crippen LogP contribution < -0.4 is 11.1 Å². The number of esters is 1. The number of rotatable bonds is 7. The summed E-state index contributed by atoms with van der Waals surface area (Å²) in [4.78, 5) is 35.5. The van der Waals surface area contributed by atoms with Crippen molar-refractivity contribution in [3.8, 4) is 11.5 Å². The van der Waals surface area contributed by atoms with Crippen LogP contribution in [0.2, 0.25) is 5.02 Å². The number of ether oxygens (including phenoxy) is 1. The summed E-state index contributed by atoms with van der Waals surface area (Å²) in [6.07, 6.45) is 0. The third-order valence-corrected chi connectivity index (χ3v) is 4.07. The lowest BCUT2D eigenvalue weighted by molar-refractivity contribution is -0.149. The fourth-order valence-electron chi connectivity index (χ4n) is 2.30. The van der Waals surface area contributed by atoms with Gasteiger partial charge in [-0.25, -0.2) is 4.79 Å². The Labute approximate surface area is 164 Å². The molecule has 0 fully saturated rings. The van der Waals surface area contributed by atoms with E-state index in [-0.39, 0.29) is 12.4 Å². The first kappa shape index (κ1) is 19.4. The second-order valence-corrected chi connectivity index (χ2v) is 6.13. The zero-order valence-corrected chi connectivity index (χ0v) is 15.4. The predicted molar refractivity (Wildman–Crippen MR) is 100 cm³/mol. The van der Waals surface area contributed by atoms with Gasteiger partial charge in [-0.3, -0.25) is 9.59 Å². The number of benzene rings is 2. The molecule has 0 bridgehead atoms. The third kappa shape index (κ3) is 5.08. The monoisotopic (exact) mass is 401 g/mol. The maximum absolute atomic E-state index is 11.9. The zero-order chi connectivity index (χ0) is 19.9. The third-order valence-electron chi connectivity index (χ3n) is 3.70. The number of carbonyl (C=O) groups is 2. The van der Waals surface area contributed by atoms with Gasteiger partial charge in [0, 0.05) is 17.1 Å². The van der Waals surface area contributed by atoms with Crippen LogP contribution in [0.25, 0.3) is 11.5 Å². The van der Waals surface area contributed by atoms with E-state index in [2.05, 4.69) is 10.4 Å². The Hall–Kier alpha value is -3.39. The van der Waals surface area contributed by atoms with Crippen LogP contribution in [0.1, 0.15) is 5.56 Å². The summed E-state index contributed by atoms with van der Waals surface area (Å²) in [5.74, 6) is -1.98. The Kier molecular flexibility index (Phi) is 6.23. The first-order chi connectivity index (χ1) is 13.5. The molecule has 0 aliphatic heterocycles. The van der Waals surface area contributed by atoms with E-state index in [1.807, 2.05) is 6.07 Å². The number of carbonyl (C=O) groups excluding carboxylic acids is 2. The highest BCUT2D eigenvalue weighted by Gasteiger charge is 2.15. The van der Waals surface area contributed by atoms with Crippen molar-refractivity contribution in [1.29, 1.82) is 0 Å². The van der Waals surface area contributed by atoms with Crippen LogP contribution in [0.3, 0.4) is 0 Å². The molecular weight excluding hydrogens is 386 g/mol. The maximum Gasteiger partial charge on any atom is 0.437 e. The van der Waals surface area contributed by atoms with Crippen molar-refractivity contribution in [2.24, 2.45) is 0 Å². The molecule has 3 rings (SSSR count). The maximum atomic E-state index is 11.9. The minimum atomic E-state index is -0.793. The molecule has 28 heavy (non-hydrogen) atoms. The van der Waals surface area contributed by atoms with Crippen LogP contribution >= 0.6 is 11.6 Å². The molecule has 0 aliphatic rings. The predicted octanol–water partition coefficient (Wildman–Crippen LogP) is 2.02. The number of hydrogen-bond acceptors (Lipinski definition) is 6. The van der Waals surface area contributed by atoms with Crippen LogP contribution in [0.5, 0.6) is 0 Å². The second kappa shape index (κ2) is 9.01. The Bertz CT molecular complexity index is 1030. The van der Waals surface area contributed by atoms with Crippen molar-refractivity contribution in [3.63, 3.8) is 0 Å². The van der Waals surface area contributed by atoms with Crippen LogP contribution in [0.4, 0.5) is 0 Å². The number of amides is 1. The van der Waals surface area contributed by atoms with E-state index >= 15 is 0 Å². The number of nitrogens with one attached hydrogen (secondary N) is 1.